The van der Waals surface area contributed by atoms with Crippen molar-refractivity contribution in [2.45, 2.75) is 6.42 Å². The van der Waals surface area contributed by atoms with Gasteiger partial charge in [0.25, 0.3) is 0 Å². The molecule has 8 heteroatoms. The van der Waals surface area contributed by atoms with Gasteiger partial charge in [0.2, 0.25) is 5.91 Å². The van der Waals surface area contributed by atoms with Gasteiger partial charge in [-0.1, -0.05) is 21.1 Å². The number of carbonyl (C=O) groups excluding carboxylic acids is 1. The lowest BCUT2D eigenvalue weighted by molar-refractivity contribution is -0.115. The highest BCUT2D eigenvalue weighted by molar-refractivity contribution is 9.11. The monoisotopic (exact) mass is 427 g/mol. The Morgan fingerprint density at radius 2 is 1.88 bits per heavy atom. The molecule has 0 aliphatic heterocycles. The fourth-order valence-electron chi connectivity index (χ4n) is 1.05. The highest BCUT2D eigenvalue weighted by Crippen LogP contribution is 2.34. The number of hydrogen-bond donors (Lipinski definition) is 3. The van der Waals surface area contributed by atoms with Gasteiger partial charge < -0.3 is 16.3 Å². The minimum absolute atomic E-state index is 0.146. The van der Waals surface area contributed by atoms with Crippen LogP contribution in [-0.4, -0.2) is 17.0 Å². The summed E-state index contributed by atoms with van der Waals surface area (Å²) >= 11 is 9.97. The molecule has 17 heavy (non-hydrogen) atoms. The van der Waals surface area contributed by atoms with E-state index in [-0.39, 0.29) is 18.2 Å². The van der Waals surface area contributed by atoms with Crippen LogP contribution < -0.4 is 11.1 Å². The molecule has 0 spiro atoms. The molecule has 1 amide bonds. The number of nitrogens with zero attached hydrogens (tertiary/aromatic N) is 1. The number of halogens is 3. The molecule has 0 heterocycles. The number of carbonyl (C=O) groups is 1. The second-order valence-corrected chi connectivity index (χ2v) is 5.69. The van der Waals surface area contributed by atoms with Crippen molar-refractivity contribution >= 4 is 65.2 Å². The van der Waals surface area contributed by atoms with Gasteiger partial charge in [-0.15, -0.1) is 0 Å². The number of amides is 1. The van der Waals surface area contributed by atoms with Crippen LogP contribution in [0.3, 0.4) is 0 Å². The summed E-state index contributed by atoms with van der Waals surface area (Å²) in [6.45, 7) is 0. The van der Waals surface area contributed by atoms with Crippen molar-refractivity contribution in [3.8, 4) is 0 Å². The summed E-state index contributed by atoms with van der Waals surface area (Å²) in [5, 5.41) is 13.7. The van der Waals surface area contributed by atoms with E-state index >= 15 is 0 Å². The van der Waals surface area contributed by atoms with E-state index in [0.717, 1.165) is 4.47 Å². The van der Waals surface area contributed by atoms with Crippen LogP contribution >= 0.6 is 47.8 Å². The van der Waals surface area contributed by atoms with Crippen LogP contribution in [0.15, 0.2) is 30.7 Å². The molecule has 0 unspecified atom stereocenters. The van der Waals surface area contributed by atoms with Gasteiger partial charge >= 0.3 is 0 Å². The predicted molar refractivity (Wildman–Crippen MR) is 76.2 cm³/mol. The minimum Gasteiger partial charge on any atom is -0.409 e. The quantitative estimate of drug-likeness (QED) is 0.298. The third-order valence-corrected chi connectivity index (χ3v) is 3.45. The second-order valence-electron chi connectivity index (χ2n) is 3.06. The third kappa shape index (κ3) is 4.29. The Hall–Kier alpha value is -0.600. The SMILES string of the molecule is N/C(CC(=O)Nc1c(Br)cc(Br)cc1Br)=N\O. The van der Waals surface area contributed by atoms with Gasteiger partial charge in [-0.25, -0.2) is 0 Å². The molecule has 4 N–H and O–H groups in total. The van der Waals surface area contributed by atoms with Gasteiger partial charge in [-0.2, -0.15) is 0 Å². The summed E-state index contributed by atoms with van der Waals surface area (Å²) < 4.78 is 2.30. The number of benzene rings is 1. The van der Waals surface area contributed by atoms with Crippen LogP contribution in [0.2, 0.25) is 0 Å². The van der Waals surface area contributed by atoms with Crippen molar-refractivity contribution in [2.75, 3.05) is 5.32 Å². The Labute approximate surface area is 123 Å². The summed E-state index contributed by atoms with van der Waals surface area (Å²) in [7, 11) is 0. The number of hydrogen-bond acceptors (Lipinski definition) is 3. The Bertz CT molecular complexity index is 454. The predicted octanol–water partition coefficient (Wildman–Crippen LogP) is 3.05. The molecule has 0 saturated heterocycles. The van der Waals surface area contributed by atoms with Crippen molar-refractivity contribution in [1.82, 2.24) is 0 Å². The summed E-state index contributed by atoms with van der Waals surface area (Å²) in [6, 6.07) is 3.59. The molecule has 0 radical (unpaired) electrons. The minimum atomic E-state index is -0.371. The number of oxime groups is 1. The van der Waals surface area contributed by atoms with E-state index in [0.29, 0.717) is 14.6 Å². The molecule has 1 aromatic rings. The van der Waals surface area contributed by atoms with Crippen molar-refractivity contribution < 1.29 is 10.0 Å². The molecule has 0 aliphatic carbocycles. The molecule has 0 aliphatic rings. The lowest BCUT2D eigenvalue weighted by Crippen LogP contribution is -2.22. The molecule has 0 atom stereocenters. The molecular formula is C9H8Br3N3O2. The summed E-state index contributed by atoms with van der Waals surface area (Å²) in [4.78, 5) is 11.5. The normalized spacial score (nSPS) is 11.4. The highest BCUT2D eigenvalue weighted by Gasteiger charge is 2.11. The first-order valence-corrected chi connectivity index (χ1v) is 6.72. The number of nitrogens with one attached hydrogen (secondary N) is 1. The summed E-state index contributed by atoms with van der Waals surface area (Å²) in [5.74, 6) is -0.518. The van der Waals surface area contributed by atoms with E-state index in [1.54, 1.807) is 12.1 Å². The maximum Gasteiger partial charge on any atom is 0.232 e. The maximum atomic E-state index is 11.5. The number of anilines is 1. The Balaban J connectivity index is 2.85. The average molecular weight is 430 g/mol. The number of rotatable bonds is 3. The first-order chi connectivity index (χ1) is 7.93. The van der Waals surface area contributed by atoms with Crippen molar-refractivity contribution in [3.05, 3.63) is 25.6 Å². The van der Waals surface area contributed by atoms with Crippen molar-refractivity contribution in [1.29, 1.82) is 0 Å². The third-order valence-electron chi connectivity index (χ3n) is 1.74. The van der Waals surface area contributed by atoms with Gasteiger partial charge in [0.05, 0.1) is 12.1 Å². The zero-order valence-electron chi connectivity index (χ0n) is 8.38. The average Bonchev–Trinajstić information content (AvgIpc) is 2.23. The molecule has 1 aromatic carbocycles. The first-order valence-electron chi connectivity index (χ1n) is 4.35. The molecule has 5 nitrogen and oxygen atoms in total. The van der Waals surface area contributed by atoms with Gasteiger partial charge in [0.1, 0.15) is 5.84 Å². The van der Waals surface area contributed by atoms with Crippen LogP contribution in [0.4, 0.5) is 5.69 Å². The zero-order chi connectivity index (χ0) is 13.0. The van der Waals surface area contributed by atoms with Gasteiger partial charge in [0, 0.05) is 13.4 Å². The smallest absolute Gasteiger partial charge is 0.232 e. The zero-order valence-corrected chi connectivity index (χ0v) is 13.1. The van der Waals surface area contributed by atoms with Crippen LogP contribution in [0.25, 0.3) is 0 Å². The van der Waals surface area contributed by atoms with Gasteiger partial charge in [0.15, 0.2) is 0 Å². The molecule has 0 fully saturated rings. The topological polar surface area (TPSA) is 87.7 Å². The second kappa shape index (κ2) is 6.36. The molecule has 1 rings (SSSR count). The van der Waals surface area contributed by atoms with E-state index in [1.165, 1.54) is 0 Å². The van der Waals surface area contributed by atoms with E-state index in [1.807, 2.05) is 0 Å². The lowest BCUT2D eigenvalue weighted by Gasteiger charge is -2.09. The molecule has 92 valence electrons. The van der Waals surface area contributed by atoms with E-state index < -0.39 is 0 Å². The Morgan fingerprint density at radius 1 is 1.35 bits per heavy atom. The van der Waals surface area contributed by atoms with Crippen LogP contribution in [0.1, 0.15) is 6.42 Å². The number of nitrogens with two attached hydrogens (primary N) is 1. The molecule has 0 saturated carbocycles. The highest BCUT2D eigenvalue weighted by atomic mass is 79.9. The standard InChI is InChI=1S/C9H8Br3N3O2/c10-4-1-5(11)9(6(12)2-4)14-8(16)3-7(13)15-17/h1-2,17H,3H2,(H2,13,15)(H,14,16). The Morgan fingerprint density at radius 3 is 2.35 bits per heavy atom. The molecule has 0 bridgehead atoms. The van der Waals surface area contributed by atoms with Crippen molar-refractivity contribution in [2.24, 2.45) is 10.9 Å². The van der Waals surface area contributed by atoms with Crippen molar-refractivity contribution in [3.63, 3.8) is 0 Å². The van der Waals surface area contributed by atoms with Crippen LogP contribution in [0.5, 0.6) is 0 Å². The first kappa shape index (κ1) is 14.5. The fraction of sp³-hybridized carbons (Fsp3) is 0.111. The van der Waals surface area contributed by atoms with Crippen LogP contribution in [0, 0.1) is 0 Å². The van der Waals surface area contributed by atoms with Gasteiger partial charge in [-0.05, 0) is 44.0 Å². The van der Waals surface area contributed by atoms with E-state index in [2.05, 4.69) is 58.3 Å². The largest absolute Gasteiger partial charge is 0.409 e. The molecular weight excluding hydrogens is 422 g/mol. The van der Waals surface area contributed by atoms with Gasteiger partial charge in [-0.3, -0.25) is 4.79 Å². The van der Waals surface area contributed by atoms with E-state index in [4.69, 9.17) is 10.9 Å². The van der Waals surface area contributed by atoms with E-state index in [9.17, 15) is 4.79 Å². The number of amidine groups is 1. The summed E-state index contributed by atoms with van der Waals surface area (Å²) in [6.07, 6.45) is -0.175. The fourth-order valence-corrected chi connectivity index (χ4v) is 3.50. The molecule has 0 aromatic heterocycles. The Kier molecular flexibility index (Phi) is 5.41. The maximum absolute atomic E-state index is 11.5. The van der Waals surface area contributed by atoms with Crippen LogP contribution in [-0.2, 0) is 4.79 Å². The summed E-state index contributed by atoms with van der Waals surface area (Å²) in [5.41, 5.74) is 5.82. The lowest BCUT2D eigenvalue weighted by atomic mass is 10.3.